The van der Waals surface area contributed by atoms with Crippen LogP contribution in [0.3, 0.4) is 0 Å². The fourth-order valence-corrected chi connectivity index (χ4v) is 4.89. The molecular weight excluding hydrogens is 362 g/mol. The molecule has 2 N–H and O–H groups in total. The average Bonchev–Trinajstić information content (AvgIpc) is 3.16. The summed E-state index contributed by atoms with van der Waals surface area (Å²) < 4.78 is 0. The summed E-state index contributed by atoms with van der Waals surface area (Å²) in [5.74, 6) is 1.13. The molecule has 4 nitrogen and oxygen atoms in total. The second-order valence-electron chi connectivity index (χ2n) is 9.02. The Morgan fingerprint density at radius 2 is 2.14 bits per heavy atom. The first-order valence-electron chi connectivity index (χ1n) is 10.8. The topological polar surface area (TPSA) is 60.8 Å². The third kappa shape index (κ3) is 5.80. The quantitative estimate of drug-likeness (QED) is 0.658. The van der Waals surface area contributed by atoms with E-state index in [1.807, 2.05) is 24.3 Å². The van der Waals surface area contributed by atoms with E-state index >= 15 is 0 Å². The van der Waals surface area contributed by atoms with Gasteiger partial charge in [0.05, 0.1) is 12.2 Å². The van der Waals surface area contributed by atoms with Crippen LogP contribution in [0.15, 0.2) is 48.1 Å². The highest BCUT2D eigenvalue weighted by atomic mass is 16.3. The monoisotopic (exact) mass is 397 g/mol. The Morgan fingerprint density at radius 3 is 2.86 bits per heavy atom. The fourth-order valence-electron chi connectivity index (χ4n) is 4.89. The highest BCUT2D eigenvalue weighted by molar-refractivity contribution is 5.75. The molecule has 0 spiro atoms. The molecule has 0 saturated heterocycles. The molecule has 5 atom stereocenters. The maximum atomic E-state index is 11.7. The van der Waals surface area contributed by atoms with Gasteiger partial charge >= 0.3 is 0 Å². The number of aliphatic hydroxyl groups excluding tert-OH is 2. The number of allylic oxidation sites excluding steroid dienone is 2. The van der Waals surface area contributed by atoms with Crippen LogP contribution >= 0.6 is 0 Å². The highest BCUT2D eigenvalue weighted by Gasteiger charge is 2.43. The molecule has 1 aromatic carbocycles. The Hall–Kier alpha value is -1.91. The van der Waals surface area contributed by atoms with Crippen molar-refractivity contribution in [3.63, 3.8) is 0 Å². The number of hydrogen-bond acceptors (Lipinski definition) is 3. The third-order valence-electron chi connectivity index (χ3n) is 6.42. The Morgan fingerprint density at radius 1 is 1.34 bits per heavy atom. The summed E-state index contributed by atoms with van der Waals surface area (Å²) in [5.41, 5.74) is 3.76. The van der Waals surface area contributed by atoms with Crippen molar-refractivity contribution < 1.29 is 15.0 Å². The van der Waals surface area contributed by atoms with E-state index in [1.165, 1.54) is 11.1 Å². The number of aryl methyl sites for hydroxylation is 1. The minimum atomic E-state index is -0.533. The molecule has 158 valence electrons. The molecule has 1 aromatic rings. The van der Waals surface area contributed by atoms with Gasteiger partial charge in [-0.3, -0.25) is 4.79 Å². The van der Waals surface area contributed by atoms with Crippen LogP contribution in [-0.2, 0) is 11.2 Å². The van der Waals surface area contributed by atoms with Gasteiger partial charge in [-0.2, -0.15) is 0 Å². The molecule has 0 heterocycles. The number of rotatable bonds is 8. The van der Waals surface area contributed by atoms with Gasteiger partial charge in [-0.15, -0.1) is 0 Å². The van der Waals surface area contributed by atoms with E-state index < -0.39 is 6.10 Å². The molecule has 0 aromatic heterocycles. The maximum Gasteiger partial charge on any atom is 0.222 e. The van der Waals surface area contributed by atoms with Crippen molar-refractivity contribution in [3.05, 3.63) is 59.2 Å². The zero-order valence-corrected chi connectivity index (χ0v) is 17.9. The van der Waals surface area contributed by atoms with E-state index in [-0.39, 0.29) is 17.9 Å². The zero-order chi connectivity index (χ0) is 21.0. The number of hydrogen-bond donors (Lipinski definition) is 2. The van der Waals surface area contributed by atoms with Crippen molar-refractivity contribution in [2.24, 2.45) is 17.8 Å². The van der Waals surface area contributed by atoms with Crippen LogP contribution in [0.4, 0.5) is 0 Å². The van der Waals surface area contributed by atoms with Crippen molar-refractivity contribution in [1.82, 2.24) is 4.90 Å². The third-order valence-corrected chi connectivity index (χ3v) is 6.42. The number of aliphatic hydroxyl groups is 2. The van der Waals surface area contributed by atoms with Crippen LogP contribution in [0, 0.1) is 24.7 Å². The van der Waals surface area contributed by atoms with Crippen molar-refractivity contribution >= 4 is 5.91 Å². The lowest BCUT2D eigenvalue weighted by Crippen LogP contribution is -2.21. The first-order valence-corrected chi connectivity index (χ1v) is 10.8. The smallest absolute Gasteiger partial charge is 0.222 e. The molecule has 1 saturated carbocycles. The van der Waals surface area contributed by atoms with Crippen LogP contribution in [0.5, 0.6) is 0 Å². The summed E-state index contributed by atoms with van der Waals surface area (Å²) in [5, 5.41) is 20.9. The predicted molar refractivity (Wildman–Crippen MR) is 116 cm³/mol. The zero-order valence-electron chi connectivity index (χ0n) is 17.9. The van der Waals surface area contributed by atoms with Crippen molar-refractivity contribution in [2.45, 2.75) is 57.7 Å². The van der Waals surface area contributed by atoms with Crippen LogP contribution in [0.2, 0.25) is 0 Å². The van der Waals surface area contributed by atoms with Gasteiger partial charge in [-0.25, -0.2) is 0 Å². The van der Waals surface area contributed by atoms with Gasteiger partial charge in [0.15, 0.2) is 0 Å². The van der Waals surface area contributed by atoms with E-state index in [4.69, 9.17) is 0 Å². The number of carbonyl (C=O) groups is 1. The van der Waals surface area contributed by atoms with Gasteiger partial charge < -0.3 is 15.1 Å². The van der Waals surface area contributed by atoms with Gasteiger partial charge in [0, 0.05) is 32.9 Å². The molecule has 29 heavy (non-hydrogen) atoms. The van der Waals surface area contributed by atoms with E-state index in [9.17, 15) is 15.0 Å². The number of carbonyl (C=O) groups excluding carboxylic acids is 1. The fraction of sp³-hybridized carbons (Fsp3) is 0.560. The van der Waals surface area contributed by atoms with E-state index in [0.29, 0.717) is 24.7 Å². The Kier molecular flexibility index (Phi) is 7.31. The summed E-state index contributed by atoms with van der Waals surface area (Å²) in [7, 11) is 3.60. The lowest BCUT2D eigenvalue weighted by atomic mass is 9.88. The molecule has 0 unspecified atom stereocenters. The van der Waals surface area contributed by atoms with Crippen LogP contribution in [0.25, 0.3) is 0 Å². The van der Waals surface area contributed by atoms with E-state index in [2.05, 4.69) is 25.1 Å². The molecule has 3 rings (SSSR count). The van der Waals surface area contributed by atoms with Crippen molar-refractivity contribution in [2.75, 3.05) is 14.1 Å². The van der Waals surface area contributed by atoms with Gasteiger partial charge in [0.25, 0.3) is 0 Å². The van der Waals surface area contributed by atoms with Crippen LogP contribution in [0.1, 0.15) is 43.2 Å². The molecule has 0 radical (unpaired) electrons. The second-order valence-corrected chi connectivity index (χ2v) is 9.02. The Balaban J connectivity index is 1.51. The summed E-state index contributed by atoms with van der Waals surface area (Å²) in [6, 6.07) is 8.22. The molecule has 1 fully saturated rings. The minimum absolute atomic E-state index is 0.101. The second kappa shape index (κ2) is 9.73. The minimum Gasteiger partial charge on any atom is -0.392 e. The summed E-state index contributed by atoms with van der Waals surface area (Å²) >= 11 is 0. The first kappa shape index (κ1) is 21.8. The number of fused-ring (bicyclic) bond motifs is 1. The predicted octanol–water partition coefficient (Wildman–Crippen LogP) is 3.66. The van der Waals surface area contributed by atoms with E-state index in [0.717, 1.165) is 31.2 Å². The summed E-state index contributed by atoms with van der Waals surface area (Å²) in [6.45, 7) is 2.06. The molecule has 2 aliphatic carbocycles. The molecule has 4 heteroatoms. The Labute approximate surface area is 174 Å². The average molecular weight is 398 g/mol. The lowest BCUT2D eigenvalue weighted by Gasteiger charge is -2.19. The first-order chi connectivity index (χ1) is 13.8. The number of amides is 1. The molecule has 1 amide bonds. The lowest BCUT2D eigenvalue weighted by molar-refractivity contribution is -0.128. The SMILES string of the molecule is Cc1cccc(C[C@@H](O)/C=C/[C@@H]2[C@H]3CC(CCCC(=O)N(C)C)=C[C@H]3C[C@H]2O)c1. The van der Waals surface area contributed by atoms with E-state index in [1.54, 1.807) is 19.0 Å². The number of nitrogens with zero attached hydrogens (tertiary/aromatic N) is 1. The summed E-state index contributed by atoms with van der Waals surface area (Å²) in [6.07, 6.45) is 10.2. The highest BCUT2D eigenvalue weighted by Crippen LogP contribution is 2.48. The Bertz CT molecular complexity index is 767. The van der Waals surface area contributed by atoms with Crippen LogP contribution < -0.4 is 0 Å². The standard InChI is InChI=1S/C25H35NO3/c1-17-6-4-7-18(12-17)14-21(27)10-11-22-23-15-19(13-20(23)16-24(22)28)8-5-9-25(29)26(2)3/h4,6-7,10-13,20-24,27-28H,5,8-9,14-16H2,1-3H3/b11-10+/t20-,21-,22+,23-,24+/m0/s1. The largest absolute Gasteiger partial charge is 0.392 e. The number of benzene rings is 1. The van der Waals surface area contributed by atoms with Crippen LogP contribution in [-0.4, -0.2) is 47.3 Å². The van der Waals surface area contributed by atoms with Gasteiger partial charge in [0.2, 0.25) is 5.91 Å². The van der Waals surface area contributed by atoms with Gasteiger partial charge in [-0.1, -0.05) is 53.6 Å². The molecular formula is C25H35NO3. The summed E-state index contributed by atoms with van der Waals surface area (Å²) in [4.78, 5) is 13.4. The molecule has 0 bridgehead atoms. The normalized spacial score (nSPS) is 27.1. The molecule has 0 aliphatic heterocycles. The van der Waals surface area contributed by atoms with Gasteiger partial charge in [0.1, 0.15) is 0 Å². The van der Waals surface area contributed by atoms with Gasteiger partial charge in [-0.05, 0) is 50.0 Å². The van der Waals surface area contributed by atoms with Crippen molar-refractivity contribution in [1.29, 1.82) is 0 Å². The van der Waals surface area contributed by atoms with Crippen molar-refractivity contribution in [3.8, 4) is 0 Å². The maximum absolute atomic E-state index is 11.7. The molecule has 2 aliphatic rings.